The summed E-state index contributed by atoms with van der Waals surface area (Å²) in [6, 6.07) is 2.18. The third-order valence-electron chi connectivity index (χ3n) is 6.46. The first kappa shape index (κ1) is 16.8. The molecule has 1 N–H and O–H groups in total. The van der Waals surface area contributed by atoms with E-state index in [1.807, 2.05) is 6.20 Å². The zero-order valence-corrected chi connectivity index (χ0v) is 15.0. The van der Waals surface area contributed by atoms with E-state index < -0.39 is 11.4 Å². The van der Waals surface area contributed by atoms with Gasteiger partial charge in [0.25, 0.3) is 0 Å². The Balaban J connectivity index is 1.62. The molecule has 2 heterocycles. The monoisotopic (exact) mass is 344 g/mol. The number of pyridine rings is 1. The number of ether oxygens (including phenoxy) is 1. The summed E-state index contributed by atoms with van der Waals surface area (Å²) in [6.45, 7) is 2.69. The number of methoxy groups -OCH3 is 1. The zero-order valence-electron chi connectivity index (χ0n) is 15.0. The highest BCUT2D eigenvalue weighted by molar-refractivity contribution is 5.87. The second kappa shape index (κ2) is 6.60. The maximum Gasteiger partial charge on any atom is 0.314 e. The normalized spacial score (nSPS) is 23.3. The Bertz CT molecular complexity index is 644. The number of anilines is 1. The van der Waals surface area contributed by atoms with Gasteiger partial charge in [-0.05, 0) is 62.0 Å². The Morgan fingerprint density at radius 3 is 2.56 bits per heavy atom. The molecule has 3 fully saturated rings. The molecule has 0 aromatic carbocycles. The van der Waals surface area contributed by atoms with Crippen molar-refractivity contribution in [3.8, 4) is 0 Å². The number of nitrogens with zero attached hydrogens (tertiary/aromatic N) is 2. The summed E-state index contributed by atoms with van der Waals surface area (Å²) in [6.07, 6.45) is 9.35. The van der Waals surface area contributed by atoms with Crippen LogP contribution >= 0.6 is 0 Å². The molecule has 4 rings (SSSR count). The van der Waals surface area contributed by atoms with Gasteiger partial charge in [-0.1, -0.05) is 6.42 Å². The molecule has 0 unspecified atom stereocenters. The molecular weight excluding hydrogens is 316 g/mol. The summed E-state index contributed by atoms with van der Waals surface area (Å²) in [5.41, 5.74) is 1.52. The fourth-order valence-corrected chi connectivity index (χ4v) is 4.31. The maximum absolute atomic E-state index is 12.0. The average molecular weight is 344 g/mol. The molecule has 0 spiro atoms. The lowest BCUT2D eigenvalue weighted by Gasteiger charge is -2.35. The summed E-state index contributed by atoms with van der Waals surface area (Å²) in [7, 11) is 1.76. The first-order valence-electron chi connectivity index (χ1n) is 9.62. The molecule has 0 amide bonds. The molecule has 5 nitrogen and oxygen atoms in total. The van der Waals surface area contributed by atoms with E-state index in [4.69, 9.17) is 9.72 Å². The molecule has 0 atom stereocenters. The molecule has 1 aromatic rings. The lowest BCUT2D eigenvalue weighted by Crippen LogP contribution is -2.37. The average Bonchev–Trinajstić information content (AvgIpc) is 3.36. The van der Waals surface area contributed by atoms with Gasteiger partial charge in [0.15, 0.2) is 0 Å². The Hall–Kier alpha value is -1.62. The first-order chi connectivity index (χ1) is 12.1. The van der Waals surface area contributed by atoms with E-state index in [0.717, 1.165) is 56.8 Å². The van der Waals surface area contributed by atoms with Crippen molar-refractivity contribution in [3.05, 3.63) is 23.4 Å². The third kappa shape index (κ3) is 3.03. The van der Waals surface area contributed by atoms with Crippen molar-refractivity contribution in [1.82, 2.24) is 4.98 Å². The lowest BCUT2D eigenvalue weighted by atomic mass is 9.79. The summed E-state index contributed by atoms with van der Waals surface area (Å²) in [5.74, 6) is 1.42. The highest BCUT2D eigenvalue weighted by Gasteiger charge is 2.54. The predicted molar refractivity (Wildman–Crippen MR) is 96.2 cm³/mol. The zero-order chi connectivity index (χ0) is 17.4. The van der Waals surface area contributed by atoms with Crippen LogP contribution in [0.2, 0.25) is 0 Å². The van der Waals surface area contributed by atoms with Gasteiger partial charge in [0.05, 0.1) is 5.41 Å². The topological polar surface area (TPSA) is 62.7 Å². The SMILES string of the molecule is COCC1CCN(c2ncc(C3CCC3)cc2C2(C(=O)O)CC2)CC1. The minimum Gasteiger partial charge on any atom is -0.481 e. The number of hydrogen-bond donors (Lipinski definition) is 1. The lowest BCUT2D eigenvalue weighted by molar-refractivity contribution is -0.140. The molecule has 3 aliphatic rings. The van der Waals surface area contributed by atoms with Crippen LogP contribution in [0.15, 0.2) is 12.3 Å². The third-order valence-corrected chi connectivity index (χ3v) is 6.46. The molecule has 1 saturated heterocycles. The van der Waals surface area contributed by atoms with Crippen molar-refractivity contribution in [1.29, 1.82) is 0 Å². The van der Waals surface area contributed by atoms with Crippen LogP contribution in [0.4, 0.5) is 5.82 Å². The highest BCUT2D eigenvalue weighted by atomic mass is 16.5. The molecule has 0 radical (unpaired) electrons. The quantitative estimate of drug-likeness (QED) is 0.858. The van der Waals surface area contributed by atoms with Gasteiger partial charge in [-0.25, -0.2) is 4.98 Å². The number of rotatable bonds is 6. The van der Waals surface area contributed by atoms with Crippen LogP contribution in [0.5, 0.6) is 0 Å². The van der Waals surface area contributed by atoms with Crippen molar-refractivity contribution in [3.63, 3.8) is 0 Å². The van der Waals surface area contributed by atoms with Crippen molar-refractivity contribution >= 4 is 11.8 Å². The predicted octanol–water partition coefficient (Wildman–Crippen LogP) is 3.33. The number of carbonyl (C=O) groups is 1. The fourth-order valence-electron chi connectivity index (χ4n) is 4.31. The van der Waals surface area contributed by atoms with Crippen LogP contribution in [-0.2, 0) is 14.9 Å². The Kier molecular flexibility index (Phi) is 4.44. The van der Waals surface area contributed by atoms with E-state index in [1.165, 1.54) is 24.8 Å². The Morgan fingerprint density at radius 1 is 1.32 bits per heavy atom. The van der Waals surface area contributed by atoms with Crippen LogP contribution in [0, 0.1) is 5.92 Å². The number of aromatic nitrogens is 1. The van der Waals surface area contributed by atoms with Crippen LogP contribution in [0.25, 0.3) is 0 Å². The van der Waals surface area contributed by atoms with Crippen LogP contribution < -0.4 is 4.90 Å². The van der Waals surface area contributed by atoms with Crippen LogP contribution in [0.3, 0.4) is 0 Å². The summed E-state index contributed by atoms with van der Waals surface area (Å²) >= 11 is 0. The molecule has 136 valence electrons. The van der Waals surface area contributed by atoms with E-state index in [1.54, 1.807) is 7.11 Å². The van der Waals surface area contributed by atoms with Crippen molar-refractivity contribution in [2.45, 2.75) is 56.3 Å². The van der Waals surface area contributed by atoms with Gasteiger partial charge in [0, 0.05) is 38.6 Å². The minimum absolute atomic E-state index is 0.581. The van der Waals surface area contributed by atoms with Crippen LogP contribution in [0.1, 0.15) is 62.0 Å². The van der Waals surface area contributed by atoms with E-state index in [0.29, 0.717) is 11.8 Å². The number of carboxylic acids is 1. The van der Waals surface area contributed by atoms with Gasteiger partial charge in [-0.2, -0.15) is 0 Å². The van der Waals surface area contributed by atoms with Crippen molar-refractivity contribution < 1.29 is 14.6 Å². The number of hydrogen-bond acceptors (Lipinski definition) is 4. The number of piperidine rings is 1. The smallest absolute Gasteiger partial charge is 0.314 e. The van der Waals surface area contributed by atoms with E-state index in [-0.39, 0.29) is 0 Å². The standard InChI is InChI=1S/C20H28N2O3/c1-25-13-14-5-9-22(10-6-14)18-17(20(7-8-20)19(23)24)11-16(12-21-18)15-3-2-4-15/h11-12,14-15H,2-10,13H2,1H3,(H,23,24). The van der Waals surface area contributed by atoms with Gasteiger partial charge in [0.2, 0.25) is 0 Å². The molecule has 1 aromatic heterocycles. The first-order valence-corrected chi connectivity index (χ1v) is 9.62. The summed E-state index contributed by atoms with van der Waals surface area (Å²) in [4.78, 5) is 19.1. The molecular formula is C20H28N2O3. The molecule has 1 aliphatic heterocycles. The molecule has 5 heteroatoms. The van der Waals surface area contributed by atoms with Gasteiger partial charge in [-0.3, -0.25) is 4.79 Å². The summed E-state index contributed by atoms with van der Waals surface area (Å²) < 4.78 is 5.29. The Morgan fingerprint density at radius 2 is 2.04 bits per heavy atom. The maximum atomic E-state index is 12.0. The van der Waals surface area contributed by atoms with E-state index >= 15 is 0 Å². The van der Waals surface area contributed by atoms with Crippen LogP contribution in [-0.4, -0.2) is 42.9 Å². The molecule has 2 saturated carbocycles. The van der Waals surface area contributed by atoms with Crippen molar-refractivity contribution in [2.75, 3.05) is 31.7 Å². The van der Waals surface area contributed by atoms with Gasteiger partial charge in [-0.15, -0.1) is 0 Å². The number of aliphatic carboxylic acids is 1. The fraction of sp³-hybridized carbons (Fsp3) is 0.700. The van der Waals surface area contributed by atoms with E-state index in [2.05, 4.69) is 11.0 Å². The highest BCUT2D eigenvalue weighted by Crippen LogP contribution is 2.52. The minimum atomic E-state index is -0.689. The van der Waals surface area contributed by atoms with Gasteiger partial charge in [0.1, 0.15) is 5.82 Å². The molecule has 25 heavy (non-hydrogen) atoms. The molecule has 2 aliphatic carbocycles. The van der Waals surface area contributed by atoms with Gasteiger partial charge < -0.3 is 14.7 Å². The second-order valence-corrected chi connectivity index (χ2v) is 8.04. The summed E-state index contributed by atoms with van der Waals surface area (Å²) in [5, 5.41) is 9.83. The molecule has 0 bridgehead atoms. The van der Waals surface area contributed by atoms with E-state index in [9.17, 15) is 9.90 Å². The Labute approximate surface area is 149 Å². The van der Waals surface area contributed by atoms with Gasteiger partial charge >= 0.3 is 5.97 Å². The number of carboxylic acid groups (broad SMARTS) is 1. The second-order valence-electron chi connectivity index (χ2n) is 8.04. The largest absolute Gasteiger partial charge is 0.481 e. The van der Waals surface area contributed by atoms with Crippen molar-refractivity contribution in [2.24, 2.45) is 5.92 Å².